The molecule has 1 fully saturated rings. The number of ether oxygens (including phenoxy) is 2. The van der Waals surface area contributed by atoms with Crippen molar-refractivity contribution < 1.29 is 32.3 Å². The van der Waals surface area contributed by atoms with Gasteiger partial charge in [-0.1, -0.05) is 23.7 Å². The fourth-order valence-electron chi connectivity index (χ4n) is 3.17. The van der Waals surface area contributed by atoms with Crippen LogP contribution in [0.25, 0.3) is 0 Å². The zero-order chi connectivity index (χ0) is 24.2. The third kappa shape index (κ3) is 5.77. The standard InChI is InChI=1S/C22H23ClN2O7S/c1-14(26)17-5-3-4-6-20(17)24-21(27)15(2)32-22(28)18-13-16(7-8-19(18)23)33(29,30)25-9-11-31-12-10-25/h3-8,13,15H,9-12H2,1-2H3,(H,24,27). The van der Waals surface area contributed by atoms with Crippen LogP contribution >= 0.6 is 11.6 Å². The van der Waals surface area contributed by atoms with Crippen molar-refractivity contribution in [2.75, 3.05) is 31.6 Å². The van der Waals surface area contributed by atoms with Crippen LogP contribution in [0.4, 0.5) is 5.69 Å². The van der Waals surface area contributed by atoms with Gasteiger partial charge >= 0.3 is 5.97 Å². The Morgan fingerprint density at radius 1 is 1.09 bits per heavy atom. The number of halogens is 1. The first-order valence-electron chi connectivity index (χ1n) is 10.1. The van der Waals surface area contributed by atoms with Gasteiger partial charge in [0.1, 0.15) is 0 Å². The number of esters is 1. The molecule has 176 valence electrons. The van der Waals surface area contributed by atoms with Gasteiger partial charge in [0.25, 0.3) is 5.91 Å². The van der Waals surface area contributed by atoms with Crippen LogP contribution in [0.1, 0.15) is 34.6 Å². The van der Waals surface area contributed by atoms with Crippen LogP contribution in [-0.4, -0.2) is 62.8 Å². The highest BCUT2D eigenvalue weighted by atomic mass is 35.5. The minimum atomic E-state index is -3.86. The van der Waals surface area contributed by atoms with Gasteiger partial charge in [0.15, 0.2) is 11.9 Å². The lowest BCUT2D eigenvalue weighted by atomic mass is 10.1. The molecule has 33 heavy (non-hydrogen) atoms. The summed E-state index contributed by atoms with van der Waals surface area (Å²) in [6.07, 6.45) is -1.24. The molecule has 0 saturated carbocycles. The highest BCUT2D eigenvalue weighted by Gasteiger charge is 2.29. The Kier molecular flexibility index (Phi) is 7.85. The van der Waals surface area contributed by atoms with E-state index in [9.17, 15) is 22.8 Å². The lowest BCUT2D eigenvalue weighted by Gasteiger charge is -2.26. The van der Waals surface area contributed by atoms with E-state index < -0.39 is 28.0 Å². The van der Waals surface area contributed by atoms with Crippen LogP contribution in [0.15, 0.2) is 47.4 Å². The molecule has 11 heteroatoms. The molecule has 1 amide bonds. The van der Waals surface area contributed by atoms with Gasteiger partial charge in [0, 0.05) is 18.7 Å². The summed E-state index contributed by atoms with van der Waals surface area (Å²) in [5.74, 6) is -1.85. The van der Waals surface area contributed by atoms with Crippen molar-refractivity contribution in [3.8, 4) is 0 Å². The summed E-state index contributed by atoms with van der Waals surface area (Å²) >= 11 is 6.11. The number of anilines is 1. The normalized spacial score (nSPS) is 15.5. The first-order valence-corrected chi connectivity index (χ1v) is 11.9. The molecule has 0 bridgehead atoms. The summed E-state index contributed by atoms with van der Waals surface area (Å²) in [6.45, 7) is 3.68. The predicted octanol–water partition coefficient (Wildman–Crippen LogP) is 2.75. The van der Waals surface area contributed by atoms with Crippen molar-refractivity contribution in [3.05, 3.63) is 58.6 Å². The molecule has 0 radical (unpaired) electrons. The number of carbonyl (C=O) groups excluding carboxylic acids is 3. The zero-order valence-electron chi connectivity index (χ0n) is 18.0. The number of hydrogen-bond donors (Lipinski definition) is 1. The van der Waals surface area contributed by atoms with Crippen molar-refractivity contribution in [2.45, 2.75) is 24.8 Å². The van der Waals surface area contributed by atoms with E-state index in [2.05, 4.69) is 5.32 Å². The number of para-hydroxylation sites is 1. The van der Waals surface area contributed by atoms with Gasteiger partial charge in [-0.3, -0.25) is 9.59 Å². The van der Waals surface area contributed by atoms with E-state index in [0.29, 0.717) is 5.56 Å². The largest absolute Gasteiger partial charge is 0.449 e. The number of nitrogens with one attached hydrogen (secondary N) is 1. The van der Waals surface area contributed by atoms with E-state index in [1.807, 2.05) is 0 Å². The third-order valence-corrected chi connectivity index (χ3v) is 7.21. The monoisotopic (exact) mass is 494 g/mol. The molecule has 1 saturated heterocycles. The van der Waals surface area contributed by atoms with Crippen molar-refractivity contribution in [2.24, 2.45) is 0 Å². The lowest BCUT2D eigenvalue weighted by Crippen LogP contribution is -2.40. The number of hydrogen-bond acceptors (Lipinski definition) is 7. The summed E-state index contributed by atoms with van der Waals surface area (Å²) in [6, 6.07) is 10.2. The molecule has 3 rings (SSSR count). The zero-order valence-corrected chi connectivity index (χ0v) is 19.6. The third-order valence-electron chi connectivity index (χ3n) is 4.98. The van der Waals surface area contributed by atoms with Crippen LogP contribution in [0.3, 0.4) is 0 Å². The van der Waals surface area contributed by atoms with Crippen molar-refractivity contribution in [1.29, 1.82) is 0 Å². The van der Waals surface area contributed by atoms with Crippen LogP contribution < -0.4 is 5.32 Å². The Morgan fingerprint density at radius 2 is 1.76 bits per heavy atom. The van der Waals surface area contributed by atoms with E-state index in [1.54, 1.807) is 24.3 Å². The molecular weight excluding hydrogens is 472 g/mol. The summed E-state index contributed by atoms with van der Waals surface area (Å²) in [5, 5.41) is 2.54. The van der Waals surface area contributed by atoms with Gasteiger partial charge in [-0.15, -0.1) is 0 Å². The SMILES string of the molecule is CC(=O)c1ccccc1NC(=O)C(C)OC(=O)c1cc(S(=O)(=O)N2CCOCC2)ccc1Cl. The maximum absolute atomic E-state index is 12.9. The number of morpholine rings is 1. The minimum absolute atomic E-state index is 0.0181. The van der Waals surface area contributed by atoms with Crippen LogP contribution in [0, 0.1) is 0 Å². The predicted molar refractivity (Wildman–Crippen MR) is 121 cm³/mol. The highest BCUT2D eigenvalue weighted by molar-refractivity contribution is 7.89. The van der Waals surface area contributed by atoms with E-state index in [4.69, 9.17) is 21.1 Å². The molecule has 0 aromatic heterocycles. The fourth-order valence-corrected chi connectivity index (χ4v) is 4.80. The first-order chi connectivity index (χ1) is 15.6. The second kappa shape index (κ2) is 10.4. The molecule has 1 heterocycles. The quantitative estimate of drug-likeness (QED) is 0.464. The average molecular weight is 495 g/mol. The van der Waals surface area contributed by atoms with E-state index in [1.165, 1.54) is 30.3 Å². The van der Waals surface area contributed by atoms with Gasteiger partial charge < -0.3 is 14.8 Å². The average Bonchev–Trinajstić information content (AvgIpc) is 2.79. The smallest absolute Gasteiger partial charge is 0.340 e. The summed E-state index contributed by atoms with van der Waals surface area (Å²) in [7, 11) is -3.86. The van der Waals surface area contributed by atoms with Gasteiger partial charge in [-0.2, -0.15) is 4.31 Å². The van der Waals surface area contributed by atoms with Gasteiger partial charge in [0.05, 0.1) is 34.4 Å². The molecule has 1 aliphatic heterocycles. The second-order valence-electron chi connectivity index (χ2n) is 7.30. The topological polar surface area (TPSA) is 119 Å². The Labute approximate surface area is 196 Å². The Hall–Kier alpha value is -2.79. The summed E-state index contributed by atoms with van der Waals surface area (Å²) < 4.78 is 37.4. The molecule has 9 nitrogen and oxygen atoms in total. The van der Waals surface area contributed by atoms with E-state index >= 15 is 0 Å². The maximum atomic E-state index is 12.9. The molecule has 1 N–H and O–H groups in total. The fraction of sp³-hybridized carbons (Fsp3) is 0.318. The Balaban J connectivity index is 1.75. The van der Waals surface area contributed by atoms with Crippen LogP contribution in [0.5, 0.6) is 0 Å². The molecular formula is C22H23ClN2O7S. The molecule has 1 aliphatic rings. The van der Waals surface area contributed by atoms with Crippen LogP contribution in [0.2, 0.25) is 5.02 Å². The number of amides is 1. The number of nitrogens with zero attached hydrogens (tertiary/aromatic N) is 1. The molecule has 0 spiro atoms. The molecule has 0 aliphatic carbocycles. The van der Waals surface area contributed by atoms with Crippen molar-refractivity contribution in [3.63, 3.8) is 0 Å². The van der Waals surface area contributed by atoms with E-state index in [-0.39, 0.29) is 53.3 Å². The molecule has 1 unspecified atom stereocenters. The number of ketones is 1. The van der Waals surface area contributed by atoms with Gasteiger partial charge in [0.2, 0.25) is 10.0 Å². The summed E-state index contributed by atoms with van der Waals surface area (Å²) in [5.41, 5.74) is 0.415. The molecule has 2 aromatic rings. The summed E-state index contributed by atoms with van der Waals surface area (Å²) in [4.78, 5) is 36.8. The minimum Gasteiger partial charge on any atom is -0.449 e. The van der Waals surface area contributed by atoms with Gasteiger partial charge in [-0.25, -0.2) is 13.2 Å². The molecule has 2 aromatic carbocycles. The Morgan fingerprint density at radius 3 is 2.42 bits per heavy atom. The lowest BCUT2D eigenvalue weighted by molar-refractivity contribution is -0.123. The van der Waals surface area contributed by atoms with Crippen molar-refractivity contribution in [1.82, 2.24) is 4.31 Å². The number of sulfonamides is 1. The Bertz CT molecular complexity index is 1180. The van der Waals surface area contributed by atoms with E-state index in [0.717, 1.165) is 6.07 Å². The van der Waals surface area contributed by atoms with Crippen LogP contribution in [-0.2, 0) is 24.3 Å². The number of carbonyl (C=O) groups is 3. The first kappa shape index (κ1) is 24.8. The number of Topliss-reactive ketones (excluding diaryl/α,β-unsaturated/α-hetero) is 1. The molecule has 1 atom stereocenters. The number of rotatable bonds is 7. The number of benzene rings is 2. The van der Waals surface area contributed by atoms with Gasteiger partial charge in [-0.05, 0) is 44.2 Å². The second-order valence-corrected chi connectivity index (χ2v) is 9.64. The maximum Gasteiger partial charge on any atom is 0.340 e. The van der Waals surface area contributed by atoms with Crippen molar-refractivity contribution >= 4 is 45.0 Å². The highest BCUT2D eigenvalue weighted by Crippen LogP contribution is 2.25.